The van der Waals surface area contributed by atoms with Gasteiger partial charge in [0.15, 0.2) is 0 Å². The molecule has 1 unspecified atom stereocenters. The lowest BCUT2D eigenvalue weighted by Gasteiger charge is -2.16. The molecule has 1 atom stereocenters. The third-order valence-electron chi connectivity index (χ3n) is 2.33. The number of carbonyl (C=O) groups excluding carboxylic acids is 1. The number of amides is 1. The average molecular weight is 202 g/mol. The Morgan fingerprint density at radius 3 is 3.07 bits per heavy atom. The third kappa shape index (κ3) is 0.974. The molecule has 2 heterocycles. The van der Waals surface area contributed by atoms with Gasteiger partial charge >= 0.3 is 0 Å². The van der Waals surface area contributed by atoms with Gasteiger partial charge in [0.1, 0.15) is 6.04 Å². The van der Waals surface area contributed by atoms with Crippen molar-refractivity contribution in [2.45, 2.75) is 10.9 Å². The maximum atomic E-state index is 11.3. The molecule has 0 radical (unpaired) electrons. The fourth-order valence-electron chi connectivity index (χ4n) is 1.63. The van der Waals surface area contributed by atoms with Crippen molar-refractivity contribution in [1.29, 1.82) is 0 Å². The summed E-state index contributed by atoms with van der Waals surface area (Å²) in [4.78, 5) is 12.4. The lowest BCUT2D eigenvalue weighted by atomic mass is 10.0. The van der Waals surface area contributed by atoms with Crippen LogP contribution >= 0.6 is 11.8 Å². The van der Waals surface area contributed by atoms with Gasteiger partial charge in [0, 0.05) is 4.90 Å². The van der Waals surface area contributed by atoms with Crippen LogP contribution < -0.4 is 0 Å². The molecule has 1 aromatic carbocycles. The molecule has 0 aliphatic carbocycles. The van der Waals surface area contributed by atoms with Crippen molar-refractivity contribution >= 4 is 17.7 Å². The normalized spacial score (nSPS) is 23.0. The Morgan fingerprint density at radius 2 is 2.14 bits per heavy atom. The second kappa shape index (κ2) is 2.78. The van der Waals surface area contributed by atoms with Crippen LogP contribution in [0.2, 0.25) is 0 Å². The molecular formula is C10H6N2OS. The minimum atomic E-state index is -0.197. The number of benzene rings is 1. The first-order valence-corrected chi connectivity index (χ1v) is 5.15. The summed E-state index contributed by atoms with van der Waals surface area (Å²) in [5, 5.41) is 9.41. The minimum Gasteiger partial charge on any atom is -0.265 e. The van der Waals surface area contributed by atoms with Gasteiger partial charge in [0.2, 0.25) is 0 Å². The zero-order chi connectivity index (χ0) is 9.54. The highest BCUT2D eigenvalue weighted by molar-refractivity contribution is 8.02. The molecular weight excluding hydrogens is 196 g/mol. The molecule has 2 aliphatic heterocycles. The Bertz CT molecular complexity index is 479. The first-order valence-electron chi connectivity index (χ1n) is 4.27. The maximum absolute atomic E-state index is 11.3. The van der Waals surface area contributed by atoms with Crippen LogP contribution in [-0.4, -0.2) is 5.91 Å². The van der Waals surface area contributed by atoms with E-state index in [1.54, 1.807) is 11.8 Å². The van der Waals surface area contributed by atoms with E-state index < -0.39 is 0 Å². The molecule has 68 valence electrons. The molecule has 0 N–H and O–H groups in total. The van der Waals surface area contributed by atoms with E-state index in [0.29, 0.717) is 5.57 Å². The van der Waals surface area contributed by atoms with Gasteiger partial charge in [-0.05, 0) is 17.0 Å². The number of carbonyl (C=O) groups is 1. The van der Waals surface area contributed by atoms with E-state index in [1.807, 2.05) is 29.7 Å². The summed E-state index contributed by atoms with van der Waals surface area (Å²) >= 11 is 1.57. The second-order valence-corrected chi connectivity index (χ2v) is 4.06. The monoisotopic (exact) mass is 202 g/mol. The highest BCUT2D eigenvalue weighted by Crippen LogP contribution is 2.43. The Morgan fingerprint density at radius 1 is 1.29 bits per heavy atom. The van der Waals surface area contributed by atoms with E-state index in [2.05, 4.69) is 10.2 Å². The van der Waals surface area contributed by atoms with Crippen LogP contribution in [0.1, 0.15) is 11.6 Å². The standard InChI is InChI=1S/C10H6N2OS/c13-10-7-5-14-8-4-2-1-3-6(8)9(7)11-12-10/h1-5,9H. The Hall–Kier alpha value is -1.42. The van der Waals surface area contributed by atoms with Gasteiger partial charge in [-0.2, -0.15) is 5.11 Å². The Balaban J connectivity index is 2.18. The summed E-state index contributed by atoms with van der Waals surface area (Å²) in [6, 6.07) is 7.82. The van der Waals surface area contributed by atoms with Crippen molar-refractivity contribution in [2.75, 3.05) is 0 Å². The molecule has 3 nitrogen and oxygen atoms in total. The second-order valence-electron chi connectivity index (χ2n) is 3.15. The van der Waals surface area contributed by atoms with Crippen molar-refractivity contribution in [3.8, 4) is 0 Å². The van der Waals surface area contributed by atoms with Gasteiger partial charge in [0.05, 0.1) is 5.57 Å². The fourth-order valence-corrected chi connectivity index (χ4v) is 2.59. The molecule has 1 amide bonds. The zero-order valence-electron chi connectivity index (χ0n) is 7.18. The molecule has 1 aromatic rings. The number of hydrogen-bond acceptors (Lipinski definition) is 3. The minimum absolute atomic E-state index is 0.153. The quantitative estimate of drug-likeness (QED) is 0.649. The lowest BCUT2D eigenvalue weighted by Crippen LogP contribution is -2.05. The van der Waals surface area contributed by atoms with E-state index in [9.17, 15) is 4.79 Å². The highest BCUT2D eigenvalue weighted by atomic mass is 32.2. The van der Waals surface area contributed by atoms with E-state index in [-0.39, 0.29) is 11.9 Å². The molecule has 0 saturated heterocycles. The number of fused-ring (bicyclic) bond motifs is 3. The van der Waals surface area contributed by atoms with E-state index in [1.165, 1.54) is 0 Å². The van der Waals surface area contributed by atoms with Crippen molar-refractivity contribution in [2.24, 2.45) is 10.2 Å². The number of azo groups is 1. The van der Waals surface area contributed by atoms with Crippen LogP contribution in [0.5, 0.6) is 0 Å². The van der Waals surface area contributed by atoms with Gasteiger partial charge in [-0.1, -0.05) is 30.0 Å². The predicted molar refractivity (Wildman–Crippen MR) is 53.0 cm³/mol. The zero-order valence-corrected chi connectivity index (χ0v) is 7.99. The first kappa shape index (κ1) is 7.94. The van der Waals surface area contributed by atoms with Gasteiger partial charge in [-0.15, -0.1) is 5.11 Å². The molecule has 0 fully saturated rings. The van der Waals surface area contributed by atoms with Crippen LogP contribution in [0.15, 0.2) is 50.4 Å². The lowest BCUT2D eigenvalue weighted by molar-refractivity contribution is -0.114. The van der Waals surface area contributed by atoms with Crippen LogP contribution in [-0.2, 0) is 4.79 Å². The number of rotatable bonds is 0. The molecule has 0 aromatic heterocycles. The number of nitrogens with zero attached hydrogens (tertiary/aromatic N) is 2. The van der Waals surface area contributed by atoms with Crippen molar-refractivity contribution < 1.29 is 4.79 Å². The maximum Gasteiger partial charge on any atom is 0.294 e. The summed E-state index contributed by atoms with van der Waals surface area (Å²) in [5.74, 6) is -0.197. The molecule has 2 aliphatic rings. The molecule has 0 spiro atoms. The average Bonchev–Trinajstić information content (AvgIpc) is 2.61. The number of hydrogen-bond donors (Lipinski definition) is 0. The summed E-state index contributed by atoms with van der Waals surface area (Å²) in [6.07, 6.45) is 0. The summed E-state index contributed by atoms with van der Waals surface area (Å²) in [6.45, 7) is 0. The van der Waals surface area contributed by atoms with E-state index >= 15 is 0 Å². The highest BCUT2D eigenvalue weighted by Gasteiger charge is 2.32. The van der Waals surface area contributed by atoms with Crippen molar-refractivity contribution in [1.82, 2.24) is 0 Å². The van der Waals surface area contributed by atoms with Crippen LogP contribution in [0.4, 0.5) is 0 Å². The third-order valence-corrected chi connectivity index (χ3v) is 3.33. The molecule has 0 bridgehead atoms. The summed E-state index contributed by atoms with van der Waals surface area (Å²) in [5.41, 5.74) is 1.79. The first-order chi connectivity index (χ1) is 6.86. The van der Waals surface area contributed by atoms with Gasteiger partial charge in [0.25, 0.3) is 5.91 Å². The molecule has 14 heavy (non-hydrogen) atoms. The van der Waals surface area contributed by atoms with Crippen LogP contribution in [0.3, 0.4) is 0 Å². The van der Waals surface area contributed by atoms with Gasteiger partial charge in [-0.3, -0.25) is 4.79 Å². The van der Waals surface area contributed by atoms with Crippen molar-refractivity contribution in [3.63, 3.8) is 0 Å². The van der Waals surface area contributed by atoms with Crippen LogP contribution in [0, 0.1) is 0 Å². The van der Waals surface area contributed by atoms with Gasteiger partial charge < -0.3 is 0 Å². The SMILES string of the molecule is O=C1N=NC2C1=CSc1ccccc12. The Kier molecular flexibility index (Phi) is 1.58. The fraction of sp³-hybridized carbons (Fsp3) is 0.100. The van der Waals surface area contributed by atoms with Crippen molar-refractivity contribution in [3.05, 3.63) is 40.8 Å². The molecule has 3 rings (SSSR count). The van der Waals surface area contributed by atoms with E-state index in [4.69, 9.17) is 0 Å². The number of thioether (sulfide) groups is 1. The van der Waals surface area contributed by atoms with E-state index in [0.717, 1.165) is 10.5 Å². The predicted octanol–water partition coefficient (Wildman–Crippen LogP) is 2.71. The summed E-state index contributed by atoms with van der Waals surface area (Å²) < 4.78 is 0. The van der Waals surface area contributed by atoms with Gasteiger partial charge in [-0.25, -0.2) is 0 Å². The Labute approximate surface area is 84.9 Å². The molecule has 0 saturated carbocycles. The topological polar surface area (TPSA) is 41.8 Å². The smallest absolute Gasteiger partial charge is 0.265 e. The molecule has 4 heteroatoms. The largest absolute Gasteiger partial charge is 0.294 e. The van der Waals surface area contributed by atoms with Crippen LogP contribution in [0.25, 0.3) is 0 Å². The summed E-state index contributed by atoms with van der Waals surface area (Å²) in [7, 11) is 0.